The lowest BCUT2D eigenvalue weighted by molar-refractivity contribution is 0.586. The van der Waals surface area contributed by atoms with Gasteiger partial charge in [0, 0.05) is 41.6 Å². The van der Waals surface area contributed by atoms with Crippen LogP contribution in [0.2, 0.25) is 0 Å². The van der Waals surface area contributed by atoms with E-state index in [2.05, 4.69) is 39.8 Å². The molecule has 0 radical (unpaired) electrons. The SMILES string of the molecule is CS(=O)(=O)NCc1cc(F)cc(-c2ccnc3nc(-c4[nH]nc5c(F)cc(-c6cncnc6)cc45)[nH]c23)c1. The highest BCUT2D eigenvalue weighted by Gasteiger charge is 2.19. The van der Waals surface area contributed by atoms with Crippen LogP contribution in [0.3, 0.4) is 0 Å². The third kappa shape index (κ3) is 4.48. The number of fused-ring (bicyclic) bond motifs is 2. The van der Waals surface area contributed by atoms with Crippen LogP contribution in [0.1, 0.15) is 5.56 Å². The van der Waals surface area contributed by atoms with Crippen LogP contribution in [-0.2, 0) is 16.6 Å². The summed E-state index contributed by atoms with van der Waals surface area (Å²) < 4.78 is 54.7. The van der Waals surface area contributed by atoms with Crippen molar-refractivity contribution < 1.29 is 17.2 Å². The number of nitrogens with one attached hydrogen (secondary N) is 3. The molecule has 6 aromatic rings. The Morgan fingerprint density at radius 2 is 1.82 bits per heavy atom. The van der Waals surface area contributed by atoms with Crippen molar-refractivity contribution in [2.75, 3.05) is 6.26 Å². The van der Waals surface area contributed by atoms with Crippen LogP contribution in [0.5, 0.6) is 0 Å². The quantitative estimate of drug-likeness (QED) is 0.295. The van der Waals surface area contributed by atoms with Crippen molar-refractivity contribution in [2.45, 2.75) is 6.54 Å². The first-order valence-electron chi connectivity index (χ1n) is 11.3. The van der Waals surface area contributed by atoms with Gasteiger partial charge in [-0.2, -0.15) is 5.10 Å². The lowest BCUT2D eigenvalue weighted by atomic mass is 10.0. The average Bonchev–Trinajstić information content (AvgIpc) is 3.51. The molecule has 10 nitrogen and oxygen atoms in total. The van der Waals surface area contributed by atoms with Gasteiger partial charge in [-0.3, -0.25) is 5.10 Å². The number of aromatic nitrogens is 7. The number of sulfonamides is 1. The van der Waals surface area contributed by atoms with E-state index in [1.165, 1.54) is 24.5 Å². The number of rotatable bonds is 6. The van der Waals surface area contributed by atoms with Crippen molar-refractivity contribution >= 4 is 32.1 Å². The Morgan fingerprint density at radius 1 is 1.00 bits per heavy atom. The third-order valence-corrected chi connectivity index (χ3v) is 6.61. The normalized spacial score (nSPS) is 12.0. The van der Waals surface area contributed by atoms with Gasteiger partial charge in [0.25, 0.3) is 0 Å². The zero-order valence-electron chi connectivity index (χ0n) is 19.7. The Balaban J connectivity index is 1.46. The molecule has 6 rings (SSSR count). The highest BCUT2D eigenvalue weighted by Crippen LogP contribution is 2.34. The summed E-state index contributed by atoms with van der Waals surface area (Å²) in [7, 11) is -3.45. The lowest BCUT2D eigenvalue weighted by Gasteiger charge is -2.08. The predicted molar refractivity (Wildman–Crippen MR) is 137 cm³/mol. The van der Waals surface area contributed by atoms with E-state index in [-0.39, 0.29) is 12.1 Å². The molecule has 0 atom stereocenters. The molecule has 2 aromatic carbocycles. The number of imidazole rings is 1. The van der Waals surface area contributed by atoms with Gasteiger partial charge in [-0.25, -0.2) is 41.9 Å². The Kier molecular flexibility index (Phi) is 5.65. The highest BCUT2D eigenvalue weighted by atomic mass is 32.2. The Labute approximate surface area is 214 Å². The first-order chi connectivity index (χ1) is 18.2. The minimum atomic E-state index is -3.45. The molecule has 4 heterocycles. The third-order valence-electron chi connectivity index (χ3n) is 5.94. The molecule has 38 heavy (non-hydrogen) atoms. The first kappa shape index (κ1) is 23.8. The molecule has 0 aliphatic heterocycles. The number of aromatic amines is 2. The minimum Gasteiger partial charge on any atom is -0.335 e. The molecule has 0 aliphatic carbocycles. The molecule has 0 amide bonds. The van der Waals surface area contributed by atoms with E-state index in [1.807, 2.05) is 0 Å². The largest absolute Gasteiger partial charge is 0.335 e. The second-order valence-corrected chi connectivity index (χ2v) is 10.5. The molecular weight excluding hydrogens is 514 g/mol. The van der Waals surface area contributed by atoms with Crippen LogP contribution in [0.25, 0.3) is 55.8 Å². The zero-order valence-corrected chi connectivity index (χ0v) is 20.5. The maximum Gasteiger partial charge on any atom is 0.209 e. The molecule has 0 saturated heterocycles. The summed E-state index contributed by atoms with van der Waals surface area (Å²) in [5.74, 6) is -0.683. The molecule has 0 spiro atoms. The van der Waals surface area contributed by atoms with Gasteiger partial charge < -0.3 is 4.98 Å². The van der Waals surface area contributed by atoms with Crippen LogP contribution in [-0.4, -0.2) is 49.8 Å². The van der Waals surface area contributed by atoms with E-state index in [0.29, 0.717) is 55.9 Å². The first-order valence-corrected chi connectivity index (χ1v) is 13.2. The average molecular weight is 533 g/mol. The van der Waals surface area contributed by atoms with Gasteiger partial charge in [0.1, 0.15) is 23.4 Å². The van der Waals surface area contributed by atoms with E-state index >= 15 is 0 Å². The number of H-pyrrole nitrogens is 2. The number of nitrogens with zero attached hydrogens (tertiary/aromatic N) is 5. The van der Waals surface area contributed by atoms with Gasteiger partial charge >= 0.3 is 0 Å². The van der Waals surface area contributed by atoms with Gasteiger partial charge in [-0.05, 0) is 53.1 Å². The summed E-state index contributed by atoms with van der Waals surface area (Å²) in [6, 6.07) is 9.12. The maximum atomic E-state index is 14.9. The maximum absolute atomic E-state index is 14.9. The fraction of sp³-hybridized carbons (Fsp3) is 0.0800. The standard InChI is InChI=1S/C25H18F2N8O2S/c1-38(36,37)31-9-13-4-15(6-17(26)5-13)18-2-3-30-24-22(18)32-25(33-24)23-19-7-14(16-10-28-12-29-11-16)8-20(27)21(19)34-35-23/h2-8,10-12,31H,9H2,1H3,(H,34,35)(H,30,32,33). The van der Waals surface area contributed by atoms with Crippen LogP contribution in [0.4, 0.5) is 8.78 Å². The molecular formula is C25H18F2N8O2S. The Hall–Kier alpha value is -4.62. The van der Waals surface area contributed by atoms with Crippen molar-refractivity contribution in [1.82, 2.24) is 39.8 Å². The van der Waals surface area contributed by atoms with Gasteiger partial charge in [0.15, 0.2) is 17.3 Å². The fourth-order valence-corrected chi connectivity index (χ4v) is 4.69. The smallest absolute Gasteiger partial charge is 0.209 e. The second-order valence-electron chi connectivity index (χ2n) is 8.66. The van der Waals surface area contributed by atoms with E-state index in [9.17, 15) is 17.2 Å². The zero-order chi connectivity index (χ0) is 26.4. The monoisotopic (exact) mass is 532 g/mol. The summed E-state index contributed by atoms with van der Waals surface area (Å²) in [5, 5.41) is 7.47. The summed E-state index contributed by atoms with van der Waals surface area (Å²) in [5.41, 5.74) is 4.23. The van der Waals surface area contributed by atoms with Crippen LogP contribution < -0.4 is 4.72 Å². The topological polar surface area (TPSA) is 142 Å². The number of benzene rings is 2. The van der Waals surface area contributed by atoms with Crippen LogP contribution in [0.15, 0.2) is 61.3 Å². The molecule has 4 aromatic heterocycles. The van der Waals surface area contributed by atoms with Gasteiger partial charge in [-0.1, -0.05) is 0 Å². The molecule has 0 aliphatic rings. The predicted octanol–water partition coefficient (Wildman–Crippen LogP) is 3.95. The van der Waals surface area contributed by atoms with Gasteiger partial charge in [0.05, 0.1) is 11.8 Å². The summed E-state index contributed by atoms with van der Waals surface area (Å²) in [4.78, 5) is 20.1. The molecule has 0 saturated carbocycles. The molecule has 0 unspecified atom stereocenters. The summed E-state index contributed by atoms with van der Waals surface area (Å²) >= 11 is 0. The number of hydrogen-bond donors (Lipinski definition) is 3. The van der Waals surface area contributed by atoms with Crippen LogP contribution >= 0.6 is 0 Å². The number of hydrogen-bond acceptors (Lipinski definition) is 7. The van der Waals surface area contributed by atoms with Crippen LogP contribution in [0, 0.1) is 11.6 Å². The Morgan fingerprint density at radius 3 is 2.61 bits per heavy atom. The Bertz CT molecular complexity index is 1940. The molecule has 0 fully saturated rings. The second kappa shape index (κ2) is 9.04. The number of halogens is 2. The van der Waals surface area contributed by atoms with E-state index < -0.39 is 21.7 Å². The molecule has 0 bridgehead atoms. The number of pyridine rings is 1. The van der Waals surface area contributed by atoms with Crippen molar-refractivity contribution in [2.24, 2.45) is 0 Å². The molecule has 3 N–H and O–H groups in total. The van der Waals surface area contributed by atoms with Crippen molar-refractivity contribution in [3.05, 3.63) is 78.5 Å². The van der Waals surface area contributed by atoms with E-state index in [4.69, 9.17) is 0 Å². The van der Waals surface area contributed by atoms with Crippen molar-refractivity contribution in [3.63, 3.8) is 0 Å². The highest BCUT2D eigenvalue weighted by molar-refractivity contribution is 7.88. The van der Waals surface area contributed by atoms with Gasteiger partial charge in [-0.15, -0.1) is 0 Å². The fourth-order valence-electron chi connectivity index (χ4n) is 4.26. The summed E-state index contributed by atoms with van der Waals surface area (Å²) in [6.45, 7) is -0.0630. The minimum absolute atomic E-state index is 0.0630. The van der Waals surface area contributed by atoms with Crippen molar-refractivity contribution in [3.8, 4) is 33.8 Å². The van der Waals surface area contributed by atoms with E-state index in [0.717, 1.165) is 6.26 Å². The lowest BCUT2D eigenvalue weighted by Crippen LogP contribution is -2.21. The molecule has 190 valence electrons. The summed E-state index contributed by atoms with van der Waals surface area (Å²) in [6.07, 6.45) is 7.14. The molecule has 13 heteroatoms. The van der Waals surface area contributed by atoms with E-state index in [1.54, 1.807) is 36.8 Å². The van der Waals surface area contributed by atoms with Gasteiger partial charge in [0.2, 0.25) is 10.0 Å². The van der Waals surface area contributed by atoms with Crippen molar-refractivity contribution in [1.29, 1.82) is 0 Å².